The lowest BCUT2D eigenvalue weighted by Gasteiger charge is -2.30. The van der Waals surface area contributed by atoms with Crippen molar-refractivity contribution in [1.82, 2.24) is 9.80 Å². The molecule has 0 aliphatic rings. The molecule has 0 bridgehead atoms. The van der Waals surface area contributed by atoms with E-state index in [9.17, 15) is 9.59 Å². The Balaban J connectivity index is 1.58. The second-order valence-electron chi connectivity index (χ2n) is 10.0. The van der Waals surface area contributed by atoms with E-state index in [-0.39, 0.29) is 24.9 Å². The summed E-state index contributed by atoms with van der Waals surface area (Å²) in [7, 11) is 3.22. The van der Waals surface area contributed by atoms with Gasteiger partial charge >= 0.3 is 0 Å². The lowest BCUT2D eigenvalue weighted by molar-refractivity contribution is -0.140. The van der Waals surface area contributed by atoms with Gasteiger partial charge < -0.3 is 19.3 Å². The van der Waals surface area contributed by atoms with E-state index >= 15 is 0 Å². The highest BCUT2D eigenvalue weighted by atomic mass is 32.1. The minimum Gasteiger partial charge on any atom is -0.493 e. The minimum absolute atomic E-state index is 0.0443. The molecule has 0 aliphatic carbocycles. The molecule has 0 saturated heterocycles. The van der Waals surface area contributed by atoms with Crippen LogP contribution in [0.15, 0.2) is 103 Å². The number of carbonyl (C=O) groups is 2. The quantitative estimate of drug-likeness (QED) is 0.160. The van der Waals surface area contributed by atoms with Gasteiger partial charge in [-0.2, -0.15) is 0 Å². The molecule has 7 heteroatoms. The molecule has 0 saturated carbocycles. The number of methoxy groups -OCH3 is 2. The smallest absolute Gasteiger partial charge is 0.242 e. The number of thiophene rings is 1. The highest BCUT2D eigenvalue weighted by Crippen LogP contribution is 2.29. The summed E-state index contributed by atoms with van der Waals surface area (Å²) in [5.74, 6) is 0.539. The van der Waals surface area contributed by atoms with Gasteiger partial charge in [-0.3, -0.25) is 9.59 Å². The first-order valence-corrected chi connectivity index (χ1v) is 14.8. The number of benzene rings is 3. The van der Waals surface area contributed by atoms with Gasteiger partial charge in [0.1, 0.15) is 6.54 Å². The predicted octanol–water partition coefficient (Wildman–Crippen LogP) is 6.49. The second kappa shape index (κ2) is 15.0. The van der Waals surface area contributed by atoms with Gasteiger partial charge in [0, 0.05) is 18.0 Å². The molecule has 0 aliphatic heterocycles. The van der Waals surface area contributed by atoms with E-state index < -0.39 is 5.92 Å². The molecule has 0 fully saturated rings. The molecule has 1 heterocycles. The zero-order valence-electron chi connectivity index (χ0n) is 24.5. The molecule has 0 unspecified atom stereocenters. The molecule has 0 spiro atoms. The Morgan fingerprint density at radius 2 is 1.52 bits per heavy atom. The fourth-order valence-corrected chi connectivity index (χ4v) is 5.86. The first-order valence-electron chi connectivity index (χ1n) is 14.0. The first-order chi connectivity index (χ1) is 20.4. The Bertz CT molecular complexity index is 1430. The van der Waals surface area contributed by atoms with Gasteiger partial charge in [-0.15, -0.1) is 17.9 Å². The highest BCUT2D eigenvalue weighted by Gasteiger charge is 2.29. The fourth-order valence-electron chi connectivity index (χ4n) is 4.93. The van der Waals surface area contributed by atoms with Crippen molar-refractivity contribution in [2.75, 3.05) is 33.9 Å². The van der Waals surface area contributed by atoms with E-state index in [1.54, 1.807) is 36.5 Å². The van der Waals surface area contributed by atoms with Crippen LogP contribution in [0.4, 0.5) is 0 Å². The zero-order chi connectivity index (χ0) is 29.9. The van der Waals surface area contributed by atoms with Crippen molar-refractivity contribution >= 4 is 23.2 Å². The summed E-state index contributed by atoms with van der Waals surface area (Å²) in [5.41, 5.74) is 3.95. The normalized spacial score (nSPS) is 10.8. The maximum atomic E-state index is 14.2. The first kappa shape index (κ1) is 30.6. The lowest BCUT2D eigenvalue weighted by atomic mass is 9.90. The number of carbonyl (C=O) groups excluding carboxylic acids is 2. The molecule has 0 radical (unpaired) electrons. The number of hydrogen-bond acceptors (Lipinski definition) is 5. The van der Waals surface area contributed by atoms with Crippen molar-refractivity contribution in [2.24, 2.45) is 0 Å². The second-order valence-corrected chi connectivity index (χ2v) is 11.0. The SMILES string of the molecule is C=CCN(CC(=O)N(CCc1ccc(OC)c(OC)c1)Cc1sccc1C)C(=O)C(c1ccccc1)c1ccccc1. The van der Waals surface area contributed by atoms with E-state index in [1.807, 2.05) is 89.1 Å². The van der Waals surface area contributed by atoms with Gasteiger partial charge in [0.15, 0.2) is 11.5 Å². The molecule has 4 aromatic rings. The number of nitrogens with zero attached hydrogens (tertiary/aromatic N) is 2. The van der Waals surface area contributed by atoms with Crippen LogP contribution in [0.25, 0.3) is 0 Å². The Morgan fingerprint density at radius 3 is 2.07 bits per heavy atom. The molecule has 6 nitrogen and oxygen atoms in total. The van der Waals surface area contributed by atoms with Crippen LogP contribution >= 0.6 is 11.3 Å². The number of amides is 2. The van der Waals surface area contributed by atoms with Crippen molar-refractivity contribution < 1.29 is 19.1 Å². The Labute approximate surface area is 252 Å². The monoisotopic (exact) mass is 582 g/mol. The van der Waals surface area contributed by atoms with E-state index in [0.29, 0.717) is 31.0 Å². The maximum absolute atomic E-state index is 14.2. The van der Waals surface area contributed by atoms with Gasteiger partial charge in [0.05, 0.1) is 26.7 Å². The third-order valence-electron chi connectivity index (χ3n) is 7.27. The maximum Gasteiger partial charge on any atom is 0.242 e. The van der Waals surface area contributed by atoms with Crippen LogP contribution in [0.5, 0.6) is 11.5 Å². The average Bonchev–Trinajstić information content (AvgIpc) is 3.43. The number of aryl methyl sites for hydroxylation is 1. The molecule has 3 aromatic carbocycles. The van der Waals surface area contributed by atoms with E-state index in [4.69, 9.17) is 9.47 Å². The highest BCUT2D eigenvalue weighted by molar-refractivity contribution is 7.10. The van der Waals surface area contributed by atoms with Crippen molar-refractivity contribution in [3.05, 3.63) is 130 Å². The van der Waals surface area contributed by atoms with Crippen LogP contribution in [-0.4, -0.2) is 55.5 Å². The van der Waals surface area contributed by atoms with Crippen LogP contribution in [0.1, 0.15) is 33.0 Å². The van der Waals surface area contributed by atoms with Crippen LogP contribution < -0.4 is 9.47 Å². The summed E-state index contributed by atoms with van der Waals surface area (Å²) in [6.07, 6.45) is 2.30. The van der Waals surface area contributed by atoms with Crippen LogP contribution in [0.3, 0.4) is 0 Å². The molecular weight excluding hydrogens is 544 g/mol. The van der Waals surface area contributed by atoms with Crippen molar-refractivity contribution in [3.63, 3.8) is 0 Å². The predicted molar refractivity (Wildman–Crippen MR) is 169 cm³/mol. The van der Waals surface area contributed by atoms with Crippen LogP contribution in [-0.2, 0) is 22.6 Å². The third-order valence-corrected chi connectivity index (χ3v) is 8.28. The van der Waals surface area contributed by atoms with Crippen LogP contribution in [0, 0.1) is 6.92 Å². The van der Waals surface area contributed by atoms with Gasteiger partial charge in [-0.1, -0.05) is 72.8 Å². The Morgan fingerprint density at radius 1 is 0.881 bits per heavy atom. The standard InChI is InChI=1S/C35H38N2O4S/c1-5-20-37(35(39)34(28-12-8-6-9-13-28)29-14-10-7-11-15-29)25-33(38)36(24-32-26(2)19-22-42-32)21-18-27-16-17-30(40-3)31(23-27)41-4/h5-17,19,22-23,34H,1,18,20-21,24-25H2,2-4H3. The number of hydrogen-bond donors (Lipinski definition) is 0. The largest absolute Gasteiger partial charge is 0.493 e. The topological polar surface area (TPSA) is 59.1 Å². The minimum atomic E-state index is -0.528. The number of rotatable bonds is 14. The van der Waals surface area contributed by atoms with Crippen LogP contribution in [0.2, 0.25) is 0 Å². The molecule has 0 atom stereocenters. The molecule has 218 valence electrons. The van der Waals surface area contributed by atoms with Gasteiger partial charge in [0.2, 0.25) is 11.8 Å². The van der Waals surface area contributed by atoms with Gasteiger partial charge in [-0.25, -0.2) is 0 Å². The lowest BCUT2D eigenvalue weighted by Crippen LogP contribution is -2.45. The fraction of sp³-hybridized carbons (Fsp3) is 0.257. The summed E-state index contributed by atoms with van der Waals surface area (Å²) >= 11 is 1.64. The number of ether oxygens (including phenoxy) is 2. The summed E-state index contributed by atoms with van der Waals surface area (Å²) < 4.78 is 10.9. The molecular formula is C35H38N2O4S. The molecule has 1 aromatic heterocycles. The molecule has 0 N–H and O–H groups in total. The van der Waals surface area contributed by atoms with Gasteiger partial charge in [-0.05, 0) is 59.2 Å². The van der Waals surface area contributed by atoms with E-state index in [1.165, 1.54) is 0 Å². The van der Waals surface area contributed by atoms with Crippen molar-refractivity contribution in [3.8, 4) is 11.5 Å². The van der Waals surface area contributed by atoms with Crippen molar-refractivity contribution in [1.29, 1.82) is 0 Å². The summed E-state index contributed by atoms with van der Waals surface area (Å²) in [5, 5.41) is 2.04. The summed E-state index contributed by atoms with van der Waals surface area (Å²) in [4.78, 5) is 32.7. The summed E-state index contributed by atoms with van der Waals surface area (Å²) in [6, 6.07) is 27.3. The third kappa shape index (κ3) is 7.68. The Kier molecular flexibility index (Phi) is 11.0. The van der Waals surface area contributed by atoms with E-state index in [2.05, 4.69) is 19.6 Å². The summed E-state index contributed by atoms with van der Waals surface area (Å²) in [6.45, 7) is 7.12. The molecule has 4 rings (SSSR count). The molecule has 2 amide bonds. The van der Waals surface area contributed by atoms with Gasteiger partial charge in [0.25, 0.3) is 0 Å². The van der Waals surface area contributed by atoms with E-state index in [0.717, 1.165) is 27.1 Å². The Hall–Kier alpha value is -4.36. The zero-order valence-corrected chi connectivity index (χ0v) is 25.3. The average molecular weight is 583 g/mol. The molecule has 42 heavy (non-hydrogen) atoms. The van der Waals surface area contributed by atoms with Crippen molar-refractivity contribution in [2.45, 2.75) is 25.8 Å².